The summed E-state index contributed by atoms with van der Waals surface area (Å²) in [5, 5.41) is 0. The lowest BCUT2D eigenvalue weighted by atomic mass is 9.80. The van der Waals surface area contributed by atoms with Crippen LogP contribution in [0, 0.1) is 11.3 Å². The molecule has 3 heteroatoms. The molecule has 1 aliphatic heterocycles. The Hall–Kier alpha value is -0.860. The smallest absolute Gasteiger partial charge is 0.317 e. The van der Waals surface area contributed by atoms with Crippen LogP contribution in [0.1, 0.15) is 27.2 Å². The number of carbonyl (C=O) groups excluding carboxylic acids is 2. The molecule has 1 aliphatic rings. The molecule has 1 fully saturated rings. The van der Waals surface area contributed by atoms with Crippen LogP contribution in [0.3, 0.4) is 0 Å². The summed E-state index contributed by atoms with van der Waals surface area (Å²) < 4.78 is 4.42. The molecule has 1 atom stereocenters. The van der Waals surface area contributed by atoms with Crippen LogP contribution in [0.2, 0.25) is 0 Å². The van der Waals surface area contributed by atoms with Crippen LogP contribution in [0.15, 0.2) is 0 Å². The van der Waals surface area contributed by atoms with Crippen LogP contribution in [0.25, 0.3) is 0 Å². The summed E-state index contributed by atoms with van der Waals surface area (Å²) in [6.45, 7) is 5.78. The third-order valence-corrected chi connectivity index (χ3v) is 1.92. The van der Waals surface area contributed by atoms with Gasteiger partial charge in [-0.25, -0.2) is 0 Å². The van der Waals surface area contributed by atoms with Gasteiger partial charge in [-0.1, -0.05) is 20.8 Å². The molecule has 1 rings (SSSR count). The predicted octanol–water partition coefficient (Wildman–Crippen LogP) is 1.12. The van der Waals surface area contributed by atoms with Crippen molar-refractivity contribution in [2.45, 2.75) is 27.2 Å². The van der Waals surface area contributed by atoms with E-state index in [1.54, 1.807) is 0 Å². The SMILES string of the molecule is CC(C)(C)[C@H]1CC(=O)OC1=O. The van der Waals surface area contributed by atoms with Crippen molar-refractivity contribution in [1.29, 1.82) is 0 Å². The highest BCUT2D eigenvalue weighted by Gasteiger charge is 2.41. The van der Waals surface area contributed by atoms with E-state index >= 15 is 0 Å². The first-order chi connectivity index (χ1) is 4.91. The number of cyclic esters (lactones) is 2. The Morgan fingerprint density at radius 1 is 1.36 bits per heavy atom. The highest BCUT2D eigenvalue weighted by Crippen LogP contribution is 2.33. The summed E-state index contributed by atoms with van der Waals surface area (Å²) in [7, 11) is 0. The Labute approximate surface area is 65.7 Å². The van der Waals surface area contributed by atoms with Gasteiger partial charge in [0.05, 0.1) is 12.3 Å². The molecule has 0 saturated carbocycles. The molecule has 3 nitrogen and oxygen atoms in total. The van der Waals surface area contributed by atoms with Crippen molar-refractivity contribution in [3.63, 3.8) is 0 Å². The van der Waals surface area contributed by atoms with E-state index in [2.05, 4.69) is 4.74 Å². The normalized spacial score (nSPS) is 25.5. The van der Waals surface area contributed by atoms with Gasteiger partial charge < -0.3 is 4.74 Å². The molecule has 1 heterocycles. The van der Waals surface area contributed by atoms with Crippen molar-refractivity contribution < 1.29 is 14.3 Å². The second-order valence-electron chi connectivity index (χ2n) is 3.92. The van der Waals surface area contributed by atoms with E-state index < -0.39 is 5.97 Å². The highest BCUT2D eigenvalue weighted by molar-refractivity contribution is 5.95. The van der Waals surface area contributed by atoms with Crippen molar-refractivity contribution in [1.82, 2.24) is 0 Å². The van der Waals surface area contributed by atoms with Gasteiger partial charge in [-0.2, -0.15) is 0 Å². The first-order valence-electron chi connectivity index (χ1n) is 3.66. The molecular formula is C8H12O3. The van der Waals surface area contributed by atoms with E-state index in [-0.39, 0.29) is 23.7 Å². The Bertz CT molecular complexity index is 200. The summed E-state index contributed by atoms with van der Waals surface area (Å²) in [6.07, 6.45) is 0.238. The zero-order valence-corrected chi connectivity index (χ0v) is 7.01. The summed E-state index contributed by atoms with van der Waals surface area (Å²) >= 11 is 0. The lowest BCUT2D eigenvalue weighted by Crippen LogP contribution is -2.24. The molecule has 0 aromatic carbocycles. The zero-order chi connectivity index (χ0) is 8.65. The topological polar surface area (TPSA) is 43.4 Å². The molecule has 0 aromatic heterocycles. The predicted molar refractivity (Wildman–Crippen MR) is 38.7 cm³/mol. The quantitative estimate of drug-likeness (QED) is 0.390. The maximum absolute atomic E-state index is 11.0. The van der Waals surface area contributed by atoms with E-state index in [0.717, 1.165) is 0 Å². The van der Waals surface area contributed by atoms with E-state index in [4.69, 9.17) is 0 Å². The van der Waals surface area contributed by atoms with Crippen molar-refractivity contribution in [2.75, 3.05) is 0 Å². The zero-order valence-electron chi connectivity index (χ0n) is 7.01. The van der Waals surface area contributed by atoms with E-state index in [1.165, 1.54) is 0 Å². The fraction of sp³-hybridized carbons (Fsp3) is 0.750. The maximum Gasteiger partial charge on any atom is 0.317 e. The minimum absolute atomic E-state index is 0.163. The van der Waals surface area contributed by atoms with Crippen LogP contribution >= 0.6 is 0 Å². The van der Waals surface area contributed by atoms with Gasteiger partial charge in [0.1, 0.15) is 0 Å². The van der Waals surface area contributed by atoms with Gasteiger partial charge in [0.15, 0.2) is 0 Å². The second kappa shape index (κ2) is 2.32. The first kappa shape index (κ1) is 8.24. The molecule has 0 bridgehead atoms. The standard InChI is InChI=1S/C8H12O3/c1-8(2,3)5-4-6(9)11-7(5)10/h5H,4H2,1-3H3/t5-/m0/s1. The first-order valence-corrected chi connectivity index (χ1v) is 3.66. The van der Waals surface area contributed by atoms with Crippen LogP contribution in [-0.2, 0) is 14.3 Å². The third kappa shape index (κ3) is 1.59. The maximum atomic E-state index is 11.0. The number of rotatable bonds is 0. The van der Waals surface area contributed by atoms with Crippen LogP contribution in [0.5, 0.6) is 0 Å². The van der Waals surface area contributed by atoms with Gasteiger partial charge in [0.25, 0.3) is 0 Å². The third-order valence-electron chi connectivity index (χ3n) is 1.92. The van der Waals surface area contributed by atoms with Crippen molar-refractivity contribution in [2.24, 2.45) is 11.3 Å². The van der Waals surface area contributed by atoms with Gasteiger partial charge in [0, 0.05) is 0 Å². The molecule has 11 heavy (non-hydrogen) atoms. The largest absolute Gasteiger partial charge is 0.393 e. The minimum Gasteiger partial charge on any atom is -0.393 e. The molecular weight excluding hydrogens is 144 g/mol. The summed E-state index contributed by atoms with van der Waals surface area (Å²) in [6, 6.07) is 0. The number of esters is 2. The van der Waals surface area contributed by atoms with Gasteiger partial charge >= 0.3 is 11.9 Å². The van der Waals surface area contributed by atoms with Gasteiger partial charge in [0.2, 0.25) is 0 Å². The summed E-state index contributed by atoms with van der Waals surface area (Å²) in [4.78, 5) is 21.7. The van der Waals surface area contributed by atoms with E-state index in [0.29, 0.717) is 0 Å². The van der Waals surface area contributed by atoms with Crippen molar-refractivity contribution >= 4 is 11.9 Å². The average molecular weight is 156 g/mol. The molecule has 0 N–H and O–H groups in total. The van der Waals surface area contributed by atoms with Gasteiger partial charge in [-0.15, -0.1) is 0 Å². The Morgan fingerprint density at radius 3 is 2.09 bits per heavy atom. The van der Waals surface area contributed by atoms with Gasteiger partial charge in [-0.3, -0.25) is 9.59 Å². The fourth-order valence-electron chi connectivity index (χ4n) is 1.13. The molecule has 0 unspecified atom stereocenters. The Kier molecular flexibility index (Phi) is 1.74. The van der Waals surface area contributed by atoms with Crippen molar-refractivity contribution in [3.05, 3.63) is 0 Å². The van der Waals surface area contributed by atoms with Crippen molar-refractivity contribution in [3.8, 4) is 0 Å². The van der Waals surface area contributed by atoms with E-state index in [9.17, 15) is 9.59 Å². The fourth-order valence-corrected chi connectivity index (χ4v) is 1.13. The Morgan fingerprint density at radius 2 is 1.91 bits per heavy atom. The number of hydrogen-bond donors (Lipinski definition) is 0. The van der Waals surface area contributed by atoms with Gasteiger partial charge in [-0.05, 0) is 5.41 Å². The monoisotopic (exact) mass is 156 g/mol. The summed E-state index contributed by atoms with van der Waals surface area (Å²) in [5.74, 6) is -1.02. The molecule has 0 aliphatic carbocycles. The molecule has 1 saturated heterocycles. The summed E-state index contributed by atoms with van der Waals surface area (Å²) in [5.41, 5.74) is -0.163. The van der Waals surface area contributed by atoms with Crippen LogP contribution < -0.4 is 0 Å². The molecule has 62 valence electrons. The molecule has 0 spiro atoms. The van der Waals surface area contributed by atoms with Crippen LogP contribution in [0.4, 0.5) is 0 Å². The number of hydrogen-bond acceptors (Lipinski definition) is 3. The van der Waals surface area contributed by atoms with Crippen LogP contribution in [-0.4, -0.2) is 11.9 Å². The number of carbonyl (C=O) groups is 2. The lowest BCUT2D eigenvalue weighted by molar-refractivity contribution is -0.154. The average Bonchev–Trinajstić information content (AvgIpc) is 2.08. The Balaban J connectivity index is 2.76. The molecule has 0 amide bonds. The molecule has 0 aromatic rings. The lowest BCUT2D eigenvalue weighted by Gasteiger charge is -2.21. The van der Waals surface area contributed by atoms with E-state index in [1.807, 2.05) is 20.8 Å². The number of ether oxygens (including phenoxy) is 1. The highest BCUT2D eigenvalue weighted by atomic mass is 16.6. The second-order valence-corrected chi connectivity index (χ2v) is 3.92. The molecule has 0 radical (unpaired) electrons. The minimum atomic E-state index is -0.394.